The number of halogens is 3. The molecule has 0 amide bonds. The Kier molecular flexibility index (Phi) is 4.68. The summed E-state index contributed by atoms with van der Waals surface area (Å²) in [4.78, 5) is 0. The van der Waals surface area contributed by atoms with E-state index in [2.05, 4.69) is 21.2 Å². The Labute approximate surface area is 130 Å². The molecule has 0 fully saturated rings. The lowest BCUT2D eigenvalue weighted by Gasteiger charge is -2.31. The number of hydrogen-bond acceptors (Lipinski definition) is 2. The smallest absolute Gasteiger partial charge is 0.123 e. The van der Waals surface area contributed by atoms with Gasteiger partial charge < -0.3 is 10.4 Å². The molecule has 20 heavy (non-hydrogen) atoms. The van der Waals surface area contributed by atoms with E-state index in [0.29, 0.717) is 10.7 Å². The Hall–Kier alpha value is -1.10. The van der Waals surface area contributed by atoms with E-state index in [9.17, 15) is 9.50 Å². The lowest BCUT2D eigenvalue weighted by atomic mass is 9.92. The summed E-state index contributed by atoms with van der Waals surface area (Å²) in [6.07, 6.45) is 0. The Morgan fingerprint density at radius 2 is 1.90 bits per heavy atom. The highest BCUT2D eigenvalue weighted by Crippen LogP contribution is 2.33. The highest BCUT2D eigenvalue weighted by Gasteiger charge is 2.28. The summed E-state index contributed by atoms with van der Waals surface area (Å²) in [5.41, 5.74) is 0.728. The molecule has 1 unspecified atom stereocenters. The summed E-state index contributed by atoms with van der Waals surface area (Å²) >= 11 is 9.59. The number of anilines is 1. The van der Waals surface area contributed by atoms with Crippen molar-refractivity contribution in [2.24, 2.45) is 0 Å². The minimum Gasteiger partial charge on any atom is -0.394 e. The van der Waals surface area contributed by atoms with Gasteiger partial charge >= 0.3 is 0 Å². The van der Waals surface area contributed by atoms with Crippen LogP contribution in [0.5, 0.6) is 0 Å². The summed E-state index contributed by atoms with van der Waals surface area (Å²) in [5.74, 6) is -0.303. The van der Waals surface area contributed by atoms with Crippen LogP contribution in [-0.2, 0) is 5.54 Å². The van der Waals surface area contributed by atoms with Crippen molar-refractivity contribution in [2.75, 3.05) is 11.9 Å². The van der Waals surface area contributed by atoms with Gasteiger partial charge in [-0.1, -0.05) is 33.6 Å². The second-order valence-corrected chi connectivity index (χ2v) is 6.07. The van der Waals surface area contributed by atoms with E-state index in [1.54, 1.807) is 18.2 Å². The maximum Gasteiger partial charge on any atom is 0.123 e. The number of benzene rings is 2. The summed E-state index contributed by atoms with van der Waals surface area (Å²) in [5, 5.41) is 13.5. The van der Waals surface area contributed by atoms with Crippen LogP contribution >= 0.6 is 27.5 Å². The van der Waals surface area contributed by atoms with Gasteiger partial charge in [-0.05, 0) is 48.9 Å². The van der Waals surface area contributed by atoms with Gasteiger partial charge in [0.25, 0.3) is 0 Å². The minimum atomic E-state index is -0.754. The molecule has 0 spiro atoms. The van der Waals surface area contributed by atoms with E-state index in [1.807, 2.05) is 19.1 Å². The minimum absolute atomic E-state index is 0.147. The predicted molar refractivity (Wildman–Crippen MR) is 83.6 cm³/mol. The van der Waals surface area contributed by atoms with Crippen molar-refractivity contribution < 1.29 is 9.50 Å². The van der Waals surface area contributed by atoms with Gasteiger partial charge in [-0.2, -0.15) is 0 Å². The van der Waals surface area contributed by atoms with Gasteiger partial charge in [0.1, 0.15) is 5.82 Å². The van der Waals surface area contributed by atoms with Crippen molar-refractivity contribution in [3.63, 3.8) is 0 Å². The normalized spacial score (nSPS) is 13.8. The fraction of sp³-hybridized carbons (Fsp3) is 0.200. The quantitative estimate of drug-likeness (QED) is 0.839. The average molecular weight is 359 g/mol. The van der Waals surface area contributed by atoms with Crippen molar-refractivity contribution in [2.45, 2.75) is 12.5 Å². The first-order valence-electron chi connectivity index (χ1n) is 6.05. The lowest BCUT2D eigenvalue weighted by molar-refractivity contribution is 0.224. The Morgan fingerprint density at radius 1 is 1.25 bits per heavy atom. The van der Waals surface area contributed by atoms with Gasteiger partial charge in [-0.15, -0.1) is 0 Å². The first kappa shape index (κ1) is 15.3. The van der Waals surface area contributed by atoms with Crippen molar-refractivity contribution in [3.8, 4) is 0 Å². The van der Waals surface area contributed by atoms with Gasteiger partial charge in [0.2, 0.25) is 0 Å². The highest BCUT2D eigenvalue weighted by molar-refractivity contribution is 9.10. The zero-order valence-electron chi connectivity index (χ0n) is 10.8. The number of aliphatic hydroxyl groups excluding tert-OH is 1. The van der Waals surface area contributed by atoms with Crippen molar-refractivity contribution in [1.82, 2.24) is 0 Å². The molecule has 0 bridgehead atoms. The van der Waals surface area contributed by atoms with E-state index in [4.69, 9.17) is 11.6 Å². The van der Waals surface area contributed by atoms with Crippen LogP contribution in [0, 0.1) is 5.82 Å². The Morgan fingerprint density at radius 3 is 2.45 bits per heavy atom. The average Bonchev–Trinajstić information content (AvgIpc) is 2.41. The van der Waals surface area contributed by atoms with Crippen LogP contribution in [0.2, 0.25) is 5.02 Å². The predicted octanol–water partition coefficient (Wildman–Crippen LogP) is 4.56. The fourth-order valence-corrected chi connectivity index (χ4v) is 2.86. The first-order chi connectivity index (χ1) is 9.44. The molecule has 5 heteroatoms. The standard InChI is InChI=1S/C15H14BrClFNO/c1-15(9-20,13-7-2-10(16)8-14(13)17)19-12-5-3-11(18)4-6-12/h2-8,19-20H,9H2,1H3. The van der Waals surface area contributed by atoms with Crippen LogP contribution in [0.15, 0.2) is 46.9 Å². The third-order valence-electron chi connectivity index (χ3n) is 3.11. The zero-order valence-corrected chi connectivity index (χ0v) is 13.2. The van der Waals surface area contributed by atoms with Gasteiger partial charge in [-0.3, -0.25) is 0 Å². The molecule has 0 saturated heterocycles. The topological polar surface area (TPSA) is 32.3 Å². The Balaban J connectivity index is 2.35. The monoisotopic (exact) mass is 357 g/mol. The third kappa shape index (κ3) is 3.32. The molecule has 106 valence electrons. The SMILES string of the molecule is CC(CO)(Nc1ccc(F)cc1)c1ccc(Br)cc1Cl. The molecule has 2 aromatic carbocycles. The number of aliphatic hydroxyl groups is 1. The molecule has 0 aromatic heterocycles. The summed E-state index contributed by atoms with van der Waals surface area (Å²) in [7, 11) is 0. The van der Waals surface area contributed by atoms with E-state index >= 15 is 0 Å². The maximum atomic E-state index is 12.9. The van der Waals surface area contributed by atoms with Crippen LogP contribution in [0.25, 0.3) is 0 Å². The summed E-state index contributed by atoms with van der Waals surface area (Å²) in [6, 6.07) is 11.5. The van der Waals surface area contributed by atoms with Crippen molar-refractivity contribution in [3.05, 3.63) is 63.3 Å². The molecular formula is C15H14BrClFNO. The summed E-state index contributed by atoms with van der Waals surface area (Å²) in [6.45, 7) is 1.69. The second-order valence-electron chi connectivity index (χ2n) is 4.75. The molecule has 0 aliphatic rings. The van der Waals surface area contributed by atoms with Crippen LogP contribution < -0.4 is 5.32 Å². The van der Waals surface area contributed by atoms with Crippen LogP contribution in [0.4, 0.5) is 10.1 Å². The molecule has 0 aliphatic carbocycles. The molecule has 2 N–H and O–H groups in total. The first-order valence-corrected chi connectivity index (χ1v) is 7.22. The zero-order chi connectivity index (χ0) is 14.8. The molecule has 1 atom stereocenters. The molecule has 0 saturated carbocycles. The van der Waals surface area contributed by atoms with E-state index in [0.717, 1.165) is 10.0 Å². The summed E-state index contributed by atoms with van der Waals surface area (Å²) < 4.78 is 13.8. The van der Waals surface area contributed by atoms with Gasteiger partial charge in [0.05, 0.1) is 12.1 Å². The van der Waals surface area contributed by atoms with E-state index in [1.165, 1.54) is 12.1 Å². The fourth-order valence-electron chi connectivity index (χ4n) is 1.98. The number of rotatable bonds is 4. The van der Waals surface area contributed by atoms with Gasteiger partial charge in [0.15, 0.2) is 0 Å². The van der Waals surface area contributed by atoms with Gasteiger partial charge in [0, 0.05) is 15.2 Å². The second kappa shape index (κ2) is 6.12. The molecule has 2 rings (SSSR count). The van der Waals surface area contributed by atoms with Crippen LogP contribution in [0.3, 0.4) is 0 Å². The van der Waals surface area contributed by atoms with Gasteiger partial charge in [-0.25, -0.2) is 4.39 Å². The van der Waals surface area contributed by atoms with Crippen LogP contribution in [-0.4, -0.2) is 11.7 Å². The van der Waals surface area contributed by atoms with Crippen molar-refractivity contribution in [1.29, 1.82) is 0 Å². The van der Waals surface area contributed by atoms with Crippen LogP contribution in [0.1, 0.15) is 12.5 Å². The maximum absolute atomic E-state index is 12.9. The molecule has 0 aliphatic heterocycles. The largest absolute Gasteiger partial charge is 0.394 e. The van der Waals surface area contributed by atoms with E-state index < -0.39 is 5.54 Å². The third-order valence-corrected chi connectivity index (χ3v) is 3.91. The lowest BCUT2D eigenvalue weighted by Crippen LogP contribution is -2.36. The Bertz CT molecular complexity index is 605. The highest BCUT2D eigenvalue weighted by atomic mass is 79.9. The molecule has 0 radical (unpaired) electrons. The molecule has 2 aromatic rings. The number of hydrogen-bond donors (Lipinski definition) is 2. The molecular weight excluding hydrogens is 345 g/mol. The van der Waals surface area contributed by atoms with E-state index in [-0.39, 0.29) is 12.4 Å². The number of nitrogens with one attached hydrogen (secondary N) is 1. The van der Waals surface area contributed by atoms with Crippen molar-refractivity contribution >= 4 is 33.2 Å². The molecule has 0 heterocycles. The molecule has 2 nitrogen and oxygen atoms in total.